The van der Waals surface area contributed by atoms with E-state index < -0.39 is 0 Å². The minimum absolute atomic E-state index is 0.103. The van der Waals surface area contributed by atoms with Gasteiger partial charge < -0.3 is 9.47 Å². The maximum atomic E-state index is 11.1. The largest absolute Gasteiger partial charge is 0.469 e. The van der Waals surface area contributed by atoms with E-state index in [4.69, 9.17) is 0 Å². The summed E-state index contributed by atoms with van der Waals surface area (Å²) in [6.07, 6.45) is 19.2. The summed E-state index contributed by atoms with van der Waals surface area (Å²) >= 11 is 0. The Bertz CT molecular complexity index is 473. The van der Waals surface area contributed by atoms with Gasteiger partial charge >= 0.3 is 11.9 Å². The zero-order chi connectivity index (χ0) is 21.0. The van der Waals surface area contributed by atoms with Gasteiger partial charge in [-0.1, -0.05) is 49.0 Å². The summed E-state index contributed by atoms with van der Waals surface area (Å²) in [5.74, 6) is -0.207. The van der Waals surface area contributed by atoms with Crippen molar-refractivity contribution >= 4 is 11.9 Å². The van der Waals surface area contributed by atoms with Gasteiger partial charge in [-0.25, -0.2) is 0 Å². The van der Waals surface area contributed by atoms with Gasteiger partial charge in [0, 0.05) is 12.8 Å². The fourth-order valence-electron chi connectivity index (χ4n) is 3.13. The van der Waals surface area contributed by atoms with Gasteiger partial charge in [0.05, 0.1) is 14.2 Å². The molecule has 0 aliphatic rings. The van der Waals surface area contributed by atoms with Crippen LogP contribution in [0.2, 0.25) is 0 Å². The molecule has 0 spiro atoms. The van der Waals surface area contributed by atoms with Crippen molar-refractivity contribution in [1.29, 1.82) is 0 Å². The highest BCUT2D eigenvalue weighted by atomic mass is 16.5. The van der Waals surface area contributed by atoms with E-state index in [2.05, 4.69) is 35.5 Å². The fourth-order valence-corrected chi connectivity index (χ4v) is 3.13. The Morgan fingerprint density at radius 2 is 1.11 bits per heavy atom. The van der Waals surface area contributed by atoms with E-state index in [1.54, 1.807) is 5.57 Å². The molecule has 162 valence electrons. The van der Waals surface area contributed by atoms with Crippen molar-refractivity contribution in [2.45, 2.75) is 104 Å². The third-order valence-corrected chi connectivity index (χ3v) is 4.87. The number of rotatable bonds is 17. The van der Waals surface area contributed by atoms with Gasteiger partial charge in [0.15, 0.2) is 0 Å². The lowest BCUT2D eigenvalue weighted by molar-refractivity contribution is -0.141. The predicted molar refractivity (Wildman–Crippen MR) is 116 cm³/mol. The summed E-state index contributed by atoms with van der Waals surface area (Å²) in [6, 6.07) is 0. The van der Waals surface area contributed by atoms with Crippen LogP contribution in [0.15, 0.2) is 23.3 Å². The summed E-state index contributed by atoms with van der Waals surface area (Å²) in [4.78, 5) is 22.2. The van der Waals surface area contributed by atoms with Crippen molar-refractivity contribution in [3.8, 4) is 0 Å². The molecule has 4 heteroatoms. The molecule has 0 aliphatic carbocycles. The van der Waals surface area contributed by atoms with Gasteiger partial charge in [-0.3, -0.25) is 9.59 Å². The zero-order valence-corrected chi connectivity index (χ0v) is 18.7. The highest BCUT2D eigenvalue weighted by Crippen LogP contribution is 2.19. The van der Waals surface area contributed by atoms with E-state index in [0.717, 1.165) is 51.4 Å². The zero-order valence-electron chi connectivity index (χ0n) is 18.7. The first-order valence-electron chi connectivity index (χ1n) is 10.9. The standard InChI is InChI=1S/C24H42O4/c1-21(2)15-14-18-22(17-11-8-9-13-20-24(26)28-4)16-10-6-5-7-12-19-23(25)27-3/h15-16H,5-14,17-20H2,1-4H3/b22-16+. The van der Waals surface area contributed by atoms with Crippen LogP contribution in [-0.4, -0.2) is 26.2 Å². The molecule has 28 heavy (non-hydrogen) atoms. The van der Waals surface area contributed by atoms with Crippen LogP contribution in [0.1, 0.15) is 104 Å². The lowest BCUT2D eigenvalue weighted by Crippen LogP contribution is -1.99. The van der Waals surface area contributed by atoms with Crippen LogP contribution < -0.4 is 0 Å². The van der Waals surface area contributed by atoms with E-state index in [1.165, 1.54) is 45.5 Å². The Kier molecular flexibility index (Phi) is 17.7. The summed E-state index contributed by atoms with van der Waals surface area (Å²) in [5.41, 5.74) is 2.95. The van der Waals surface area contributed by atoms with Gasteiger partial charge in [-0.05, 0) is 65.2 Å². The minimum atomic E-state index is -0.104. The molecule has 0 aromatic heterocycles. The monoisotopic (exact) mass is 394 g/mol. The molecule has 4 nitrogen and oxygen atoms in total. The van der Waals surface area contributed by atoms with Crippen molar-refractivity contribution in [2.24, 2.45) is 0 Å². The molecule has 0 aromatic rings. The molecular formula is C24H42O4. The number of allylic oxidation sites excluding steroid dienone is 4. The number of hydrogen-bond acceptors (Lipinski definition) is 4. The fraction of sp³-hybridized carbons (Fsp3) is 0.750. The van der Waals surface area contributed by atoms with Gasteiger partial charge in [-0.15, -0.1) is 0 Å². The number of unbranched alkanes of at least 4 members (excludes halogenated alkanes) is 7. The van der Waals surface area contributed by atoms with Crippen LogP contribution in [0, 0.1) is 0 Å². The minimum Gasteiger partial charge on any atom is -0.469 e. The second-order valence-electron chi connectivity index (χ2n) is 7.70. The molecule has 0 saturated heterocycles. The van der Waals surface area contributed by atoms with Crippen LogP contribution in [0.3, 0.4) is 0 Å². The molecule has 0 heterocycles. The number of ether oxygens (including phenoxy) is 2. The first-order valence-corrected chi connectivity index (χ1v) is 10.9. The number of esters is 2. The Balaban J connectivity index is 4.06. The van der Waals surface area contributed by atoms with Crippen molar-refractivity contribution in [3.05, 3.63) is 23.3 Å². The predicted octanol–water partition coefficient (Wildman–Crippen LogP) is 6.69. The van der Waals surface area contributed by atoms with Crippen molar-refractivity contribution < 1.29 is 19.1 Å². The maximum Gasteiger partial charge on any atom is 0.305 e. The van der Waals surface area contributed by atoms with Gasteiger partial charge in [0.2, 0.25) is 0 Å². The topological polar surface area (TPSA) is 52.6 Å². The summed E-state index contributed by atoms with van der Waals surface area (Å²) in [6.45, 7) is 4.30. The molecule has 0 aliphatic heterocycles. The Morgan fingerprint density at radius 1 is 0.607 bits per heavy atom. The van der Waals surface area contributed by atoms with E-state index in [0.29, 0.717) is 12.8 Å². The van der Waals surface area contributed by atoms with Gasteiger partial charge in [-0.2, -0.15) is 0 Å². The summed E-state index contributed by atoms with van der Waals surface area (Å²) in [5, 5.41) is 0. The second-order valence-corrected chi connectivity index (χ2v) is 7.70. The third-order valence-electron chi connectivity index (χ3n) is 4.87. The highest BCUT2D eigenvalue weighted by molar-refractivity contribution is 5.69. The first-order chi connectivity index (χ1) is 13.5. The van der Waals surface area contributed by atoms with Crippen LogP contribution in [0.4, 0.5) is 0 Å². The van der Waals surface area contributed by atoms with Crippen molar-refractivity contribution in [2.75, 3.05) is 14.2 Å². The van der Waals surface area contributed by atoms with Crippen molar-refractivity contribution in [1.82, 2.24) is 0 Å². The lowest BCUT2D eigenvalue weighted by atomic mass is 9.99. The second kappa shape index (κ2) is 18.8. The third kappa shape index (κ3) is 17.8. The summed E-state index contributed by atoms with van der Waals surface area (Å²) in [7, 11) is 2.90. The Hall–Kier alpha value is -1.58. The average Bonchev–Trinajstić information content (AvgIpc) is 2.68. The van der Waals surface area contributed by atoms with E-state index in [1.807, 2.05) is 0 Å². The lowest BCUT2D eigenvalue weighted by Gasteiger charge is -2.08. The molecule has 0 saturated carbocycles. The maximum absolute atomic E-state index is 11.1. The number of methoxy groups -OCH3 is 2. The molecule has 0 aromatic carbocycles. The highest BCUT2D eigenvalue weighted by Gasteiger charge is 2.02. The molecule has 0 rings (SSSR count). The number of hydrogen-bond donors (Lipinski definition) is 0. The molecule has 0 atom stereocenters. The number of carbonyl (C=O) groups is 2. The SMILES string of the molecule is COC(=O)CCCCCC/C=C(/CCC=C(C)C)CCCCCCC(=O)OC. The Labute approximate surface area is 172 Å². The van der Waals surface area contributed by atoms with Crippen LogP contribution in [0.25, 0.3) is 0 Å². The first kappa shape index (κ1) is 26.4. The normalized spacial score (nSPS) is 11.2. The van der Waals surface area contributed by atoms with Gasteiger partial charge in [0.1, 0.15) is 0 Å². The molecule has 0 amide bonds. The molecule has 0 unspecified atom stereocenters. The van der Waals surface area contributed by atoms with Crippen LogP contribution in [-0.2, 0) is 19.1 Å². The van der Waals surface area contributed by atoms with Crippen LogP contribution >= 0.6 is 0 Å². The molecule has 0 fully saturated rings. The molecule has 0 radical (unpaired) electrons. The number of carbonyl (C=O) groups excluding carboxylic acids is 2. The van der Waals surface area contributed by atoms with Crippen LogP contribution in [0.5, 0.6) is 0 Å². The average molecular weight is 395 g/mol. The van der Waals surface area contributed by atoms with E-state index in [9.17, 15) is 9.59 Å². The quantitative estimate of drug-likeness (QED) is 0.157. The molecule has 0 N–H and O–H groups in total. The smallest absolute Gasteiger partial charge is 0.305 e. The van der Waals surface area contributed by atoms with E-state index in [-0.39, 0.29) is 11.9 Å². The van der Waals surface area contributed by atoms with E-state index >= 15 is 0 Å². The molecule has 0 bridgehead atoms. The molecular weight excluding hydrogens is 352 g/mol. The van der Waals surface area contributed by atoms with Crippen molar-refractivity contribution in [3.63, 3.8) is 0 Å². The summed E-state index contributed by atoms with van der Waals surface area (Å²) < 4.78 is 9.35. The van der Waals surface area contributed by atoms with Gasteiger partial charge in [0.25, 0.3) is 0 Å². The Morgan fingerprint density at radius 3 is 1.61 bits per heavy atom.